The summed E-state index contributed by atoms with van der Waals surface area (Å²) >= 11 is 0.831. The minimum Gasteiger partial charge on any atom is -0.341 e. The van der Waals surface area contributed by atoms with Gasteiger partial charge in [-0.3, -0.25) is 14.9 Å². The molecule has 1 amide bonds. The number of thiophene rings is 1. The first kappa shape index (κ1) is 14.1. The number of carbonyl (C=O) groups excluding carboxylic acids is 1. The molecule has 0 aliphatic carbocycles. The molecule has 106 valence electrons. The van der Waals surface area contributed by atoms with Gasteiger partial charge in [0, 0.05) is 6.07 Å². The van der Waals surface area contributed by atoms with Crippen LogP contribution in [0.4, 0.5) is 5.00 Å². The van der Waals surface area contributed by atoms with Gasteiger partial charge in [-0.25, -0.2) is 0 Å². The molecule has 10 heteroatoms. The van der Waals surface area contributed by atoms with Gasteiger partial charge in [0.15, 0.2) is 5.82 Å². The summed E-state index contributed by atoms with van der Waals surface area (Å²) in [5, 5.41) is 26.8. The van der Waals surface area contributed by atoms with Gasteiger partial charge in [0.1, 0.15) is 0 Å². The number of hydrogen-bond donors (Lipinski definition) is 2. The predicted molar refractivity (Wildman–Crippen MR) is 70.3 cm³/mol. The van der Waals surface area contributed by atoms with E-state index in [9.17, 15) is 14.9 Å². The van der Waals surface area contributed by atoms with Gasteiger partial charge in [0.25, 0.3) is 5.91 Å². The van der Waals surface area contributed by atoms with Gasteiger partial charge in [-0.2, -0.15) is 5.21 Å². The van der Waals surface area contributed by atoms with E-state index in [0.717, 1.165) is 17.8 Å². The second kappa shape index (κ2) is 6.19. The summed E-state index contributed by atoms with van der Waals surface area (Å²) in [6, 6.07) is 2.37. The van der Waals surface area contributed by atoms with Crippen molar-refractivity contribution >= 4 is 22.2 Å². The molecular formula is C10H12N6O3S. The maximum absolute atomic E-state index is 12.1. The number of nitrogens with zero attached hydrogens (tertiary/aromatic N) is 4. The Hall–Kier alpha value is -2.36. The summed E-state index contributed by atoms with van der Waals surface area (Å²) in [6.07, 6.45) is 1.48. The van der Waals surface area contributed by atoms with Gasteiger partial charge < -0.3 is 5.32 Å². The van der Waals surface area contributed by atoms with E-state index < -0.39 is 4.92 Å². The molecule has 1 atom stereocenters. The Bertz CT molecular complexity index is 596. The molecule has 2 rings (SSSR count). The van der Waals surface area contributed by atoms with Gasteiger partial charge in [-0.1, -0.05) is 29.9 Å². The molecule has 0 saturated heterocycles. The van der Waals surface area contributed by atoms with Crippen molar-refractivity contribution in [1.82, 2.24) is 25.9 Å². The smallest absolute Gasteiger partial charge is 0.324 e. The van der Waals surface area contributed by atoms with Gasteiger partial charge in [0.2, 0.25) is 0 Å². The fourth-order valence-electron chi connectivity index (χ4n) is 1.65. The number of hydrogen-bond acceptors (Lipinski definition) is 7. The number of tetrazole rings is 1. The lowest BCUT2D eigenvalue weighted by atomic mass is 10.1. The summed E-state index contributed by atoms with van der Waals surface area (Å²) in [5.41, 5.74) is 0. The Morgan fingerprint density at radius 3 is 2.95 bits per heavy atom. The Morgan fingerprint density at radius 2 is 2.40 bits per heavy atom. The molecule has 20 heavy (non-hydrogen) atoms. The zero-order valence-corrected chi connectivity index (χ0v) is 11.4. The molecule has 0 aliphatic rings. The highest BCUT2D eigenvalue weighted by atomic mass is 32.1. The number of amides is 1. The highest BCUT2D eigenvalue weighted by molar-refractivity contribution is 7.17. The third-order valence-corrected chi connectivity index (χ3v) is 3.59. The van der Waals surface area contributed by atoms with Crippen LogP contribution in [0.25, 0.3) is 0 Å². The number of rotatable bonds is 6. The van der Waals surface area contributed by atoms with Crippen LogP contribution in [0.1, 0.15) is 41.3 Å². The highest BCUT2D eigenvalue weighted by Crippen LogP contribution is 2.24. The zero-order chi connectivity index (χ0) is 14.5. The molecule has 0 aromatic carbocycles. The molecule has 0 bridgehead atoms. The van der Waals surface area contributed by atoms with E-state index in [1.165, 1.54) is 12.1 Å². The molecule has 2 N–H and O–H groups in total. The molecule has 9 nitrogen and oxygen atoms in total. The molecule has 0 spiro atoms. The molecule has 0 saturated carbocycles. The van der Waals surface area contributed by atoms with Gasteiger partial charge >= 0.3 is 5.00 Å². The van der Waals surface area contributed by atoms with E-state index in [4.69, 9.17) is 0 Å². The van der Waals surface area contributed by atoms with Crippen molar-refractivity contribution in [1.29, 1.82) is 0 Å². The Morgan fingerprint density at radius 1 is 1.60 bits per heavy atom. The fourth-order valence-corrected chi connectivity index (χ4v) is 2.37. The van der Waals surface area contributed by atoms with Crippen molar-refractivity contribution in [3.8, 4) is 0 Å². The van der Waals surface area contributed by atoms with Gasteiger partial charge in [-0.15, -0.1) is 10.2 Å². The summed E-state index contributed by atoms with van der Waals surface area (Å²) in [5.74, 6) is 0.0117. The van der Waals surface area contributed by atoms with Crippen molar-refractivity contribution in [3.63, 3.8) is 0 Å². The number of aromatic amines is 1. The van der Waals surface area contributed by atoms with E-state index in [1.54, 1.807) is 0 Å². The zero-order valence-electron chi connectivity index (χ0n) is 10.6. The number of aromatic nitrogens is 4. The van der Waals surface area contributed by atoms with Crippen molar-refractivity contribution < 1.29 is 9.72 Å². The lowest BCUT2D eigenvalue weighted by Crippen LogP contribution is -2.28. The second-order valence-electron chi connectivity index (χ2n) is 3.98. The van der Waals surface area contributed by atoms with Crippen LogP contribution in [-0.2, 0) is 0 Å². The highest BCUT2D eigenvalue weighted by Gasteiger charge is 2.21. The summed E-state index contributed by atoms with van der Waals surface area (Å²) in [6.45, 7) is 1.97. The minimum absolute atomic E-state index is 0.0678. The topological polar surface area (TPSA) is 127 Å². The Labute approximate surface area is 117 Å². The van der Waals surface area contributed by atoms with E-state index in [-0.39, 0.29) is 21.8 Å². The van der Waals surface area contributed by atoms with E-state index in [2.05, 4.69) is 25.9 Å². The van der Waals surface area contributed by atoms with E-state index >= 15 is 0 Å². The lowest BCUT2D eigenvalue weighted by molar-refractivity contribution is -0.380. The quantitative estimate of drug-likeness (QED) is 0.613. The molecule has 2 aromatic rings. The SMILES string of the molecule is CCC[C@H](NC(=O)c1ccc([N+](=O)[O-])s1)c1nn[nH]n1. The summed E-state index contributed by atoms with van der Waals surface area (Å²) in [4.78, 5) is 22.4. The molecule has 0 radical (unpaired) electrons. The van der Waals surface area contributed by atoms with Gasteiger partial charge in [0.05, 0.1) is 15.8 Å². The predicted octanol–water partition coefficient (Wildman–Crippen LogP) is 1.44. The van der Waals surface area contributed by atoms with Crippen LogP contribution in [0.15, 0.2) is 12.1 Å². The van der Waals surface area contributed by atoms with Crippen LogP contribution in [0.3, 0.4) is 0 Å². The van der Waals surface area contributed by atoms with Crippen LogP contribution in [0, 0.1) is 10.1 Å². The first-order chi connectivity index (χ1) is 9.61. The first-order valence-electron chi connectivity index (χ1n) is 5.90. The minimum atomic E-state index is -0.524. The monoisotopic (exact) mass is 296 g/mol. The molecular weight excluding hydrogens is 284 g/mol. The van der Waals surface area contributed by atoms with Crippen LogP contribution in [0.2, 0.25) is 0 Å². The third kappa shape index (κ3) is 3.15. The summed E-state index contributed by atoms with van der Waals surface area (Å²) in [7, 11) is 0. The molecule has 2 aromatic heterocycles. The number of H-pyrrole nitrogens is 1. The van der Waals surface area contributed by atoms with Crippen molar-refractivity contribution in [2.75, 3.05) is 0 Å². The van der Waals surface area contributed by atoms with E-state index in [1.807, 2.05) is 6.92 Å². The number of carbonyl (C=O) groups is 1. The first-order valence-corrected chi connectivity index (χ1v) is 6.72. The fraction of sp³-hybridized carbons (Fsp3) is 0.400. The average molecular weight is 296 g/mol. The Balaban J connectivity index is 2.09. The number of nitrogens with one attached hydrogen (secondary N) is 2. The molecule has 0 fully saturated rings. The Kier molecular flexibility index (Phi) is 4.35. The van der Waals surface area contributed by atoms with E-state index in [0.29, 0.717) is 12.2 Å². The molecule has 2 heterocycles. The largest absolute Gasteiger partial charge is 0.341 e. The van der Waals surface area contributed by atoms with Crippen LogP contribution in [0.5, 0.6) is 0 Å². The van der Waals surface area contributed by atoms with Crippen LogP contribution >= 0.6 is 11.3 Å². The number of nitro groups is 1. The maximum Gasteiger partial charge on any atom is 0.324 e. The molecule has 0 aliphatic heterocycles. The van der Waals surface area contributed by atoms with Crippen molar-refractivity contribution in [2.24, 2.45) is 0 Å². The average Bonchev–Trinajstić information content (AvgIpc) is 3.09. The second-order valence-corrected chi connectivity index (χ2v) is 5.04. The normalized spacial score (nSPS) is 12.1. The van der Waals surface area contributed by atoms with Crippen LogP contribution in [-0.4, -0.2) is 31.5 Å². The van der Waals surface area contributed by atoms with Crippen molar-refractivity contribution in [2.45, 2.75) is 25.8 Å². The lowest BCUT2D eigenvalue weighted by Gasteiger charge is -2.13. The molecule has 0 unspecified atom stereocenters. The maximum atomic E-state index is 12.1. The van der Waals surface area contributed by atoms with Gasteiger partial charge in [-0.05, 0) is 12.5 Å². The van der Waals surface area contributed by atoms with Crippen LogP contribution < -0.4 is 5.32 Å². The third-order valence-electron chi connectivity index (χ3n) is 2.55. The van der Waals surface area contributed by atoms with Crippen molar-refractivity contribution in [3.05, 3.63) is 32.9 Å². The summed E-state index contributed by atoms with van der Waals surface area (Å²) < 4.78 is 0. The standard InChI is InChI=1S/C10H12N6O3S/c1-2-3-6(9-12-14-15-13-9)11-10(17)7-4-5-8(20-7)16(18)19/h4-6H,2-3H2,1H3,(H,11,17)(H,12,13,14,15)/t6-/m0/s1.